The summed E-state index contributed by atoms with van der Waals surface area (Å²) in [5.41, 5.74) is 1.70. The van der Waals surface area contributed by atoms with Gasteiger partial charge in [-0.25, -0.2) is 4.79 Å². The van der Waals surface area contributed by atoms with Crippen molar-refractivity contribution in [2.24, 2.45) is 34.0 Å². The molecule has 0 radical (unpaired) electrons. The minimum atomic E-state index is -0.952. The standard InChI is InChI=1S/C25H36O4/c1-16(2)12-21(26)29-15-25(22(27)28)10-5-9-23(4)19-7-6-18-14-24(19,13-17(18)3)11-8-20(23)25/h12,18-20H,3,5-11,13-15H2,1-2,4H3,(H,27,28). The van der Waals surface area contributed by atoms with Crippen LogP contribution in [0.25, 0.3) is 0 Å². The SMILES string of the molecule is C=C1CC23CCC4C(COC(=O)C=C(C)C)(C(=O)O)CCCC4(C)C2CCC1C3. The van der Waals surface area contributed by atoms with E-state index in [2.05, 4.69) is 13.5 Å². The van der Waals surface area contributed by atoms with Crippen molar-refractivity contribution in [3.05, 3.63) is 23.8 Å². The summed E-state index contributed by atoms with van der Waals surface area (Å²) in [6.07, 6.45) is 10.9. The van der Waals surface area contributed by atoms with Crippen molar-refractivity contribution < 1.29 is 19.4 Å². The molecule has 0 amide bonds. The zero-order valence-corrected chi connectivity index (χ0v) is 18.3. The van der Waals surface area contributed by atoms with Crippen molar-refractivity contribution >= 4 is 11.9 Å². The summed E-state index contributed by atoms with van der Waals surface area (Å²) < 4.78 is 5.55. The van der Waals surface area contributed by atoms with E-state index in [4.69, 9.17) is 4.74 Å². The highest BCUT2D eigenvalue weighted by Gasteiger charge is 2.66. The Balaban J connectivity index is 1.65. The smallest absolute Gasteiger partial charge is 0.330 e. The van der Waals surface area contributed by atoms with Crippen LogP contribution in [0.5, 0.6) is 0 Å². The molecular formula is C25H36O4. The Morgan fingerprint density at radius 2 is 1.93 bits per heavy atom. The zero-order valence-electron chi connectivity index (χ0n) is 18.3. The van der Waals surface area contributed by atoms with Gasteiger partial charge in [0.25, 0.3) is 0 Å². The predicted molar refractivity (Wildman–Crippen MR) is 112 cm³/mol. The number of carbonyl (C=O) groups excluding carboxylic acids is 1. The molecule has 0 aromatic carbocycles. The molecule has 4 saturated carbocycles. The third-order valence-electron chi connectivity index (χ3n) is 9.19. The lowest BCUT2D eigenvalue weighted by Crippen LogP contribution is -2.60. The average Bonchev–Trinajstić information content (AvgIpc) is 2.87. The van der Waals surface area contributed by atoms with Gasteiger partial charge in [0.15, 0.2) is 0 Å². The van der Waals surface area contributed by atoms with Crippen molar-refractivity contribution in [2.45, 2.75) is 78.6 Å². The third kappa shape index (κ3) is 3.09. The summed E-state index contributed by atoms with van der Waals surface area (Å²) in [4.78, 5) is 24.8. The second kappa shape index (κ2) is 6.99. The van der Waals surface area contributed by atoms with Crippen molar-refractivity contribution in [1.29, 1.82) is 0 Å². The van der Waals surface area contributed by atoms with Crippen LogP contribution >= 0.6 is 0 Å². The summed E-state index contributed by atoms with van der Waals surface area (Å²) in [5, 5.41) is 10.4. The van der Waals surface area contributed by atoms with E-state index >= 15 is 0 Å². The number of aliphatic carboxylic acids is 1. The van der Waals surface area contributed by atoms with E-state index in [0.29, 0.717) is 23.7 Å². The molecule has 4 fully saturated rings. The molecule has 4 heteroatoms. The van der Waals surface area contributed by atoms with Gasteiger partial charge in [-0.15, -0.1) is 0 Å². The van der Waals surface area contributed by atoms with Crippen molar-refractivity contribution in [2.75, 3.05) is 6.61 Å². The summed E-state index contributed by atoms with van der Waals surface area (Å²) in [5.74, 6) is 0.125. The third-order valence-corrected chi connectivity index (χ3v) is 9.19. The first-order valence-corrected chi connectivity index (χ1v) is 11.4. The van der Waals surface area contributed by atoms with Gasteiger partial charge in [-0.2, -0.15) is 0 Å². The highest BCUT2D eigenvalue weighted by molar-refractivity contribution is 5.83. The molecule has 1 spiro atoms. The molecule has 2 bridgehead atoms. The van der Waals surface area contributed by atoms with Gasteiger partial charge >= 0.3 is 11.9 Å². The lowest BCUT2D eigenvalue weighted by molar-refractivity contribution is -0.195. The van der Waals surface area contributed by atoms with Gasteiger partial charge in [0, 0.05) is 6.08 Å². The van der Waals surface area contributed by atoms with E-state index in [-0.39, 0.29) is 17.9 Å². The van der Waals surface area contributed by atoms with Crippen LogP contribution in [0.3, 0.4) is 0 Å². The molecule has 160 valence electrons. The maximum atomic E-state index is 12.7. The van der Waals surface area contributed by atoms with Crippen LogP contribution in [0, 0.1) is 34.0 Å². The second-order valence-electron chi connectivity index (χ2n) is 11.0. The lowest BCUT2D eigenvalue weighted by Gasteiger charge is -2.63. The molecular weight excluding hydrogens is 364 g/mol. The fraction of sp³-hybridized carbons (Fsp3) is 0.760. The molecule has 4 aliphatic carbocycles. The van der Waals surface area contributed by atoms with Crippen LogP contribution in [0.15, 0.2) is 23.8 Å². The molecule has 6 unspecified atom stereocenters. The van der Waals surface area contributed by atoms with E-state index in [1.165, 1.54) is 30.9 Å². The predicted octanol–water partition coefficient (Wildman–Crippen LogP) is 5.53. The quantitative estimate of drug-likeness (QED) is 0.383. The molecule has 4 nitrogen and oxygen atoms in total. The largest absolute Gasteiger partial charge is 0.481 e. The highest BCUT2D eigenvalue weighted by atomic mass is 16.5. The number of allylic oxidation sites excluding steroid dienone is 2. The number of carboxylic acids is 1. The topological polar surface area (TPSA) is 63.6 Å². The van der Waals surface area contributed by atoms with E-state index < -0.39 is 17.4 Å². The molecule has 4 rings (SSSR count). The fourth-order valence-electron chi connectivity index (χ4n) is 8.13. The number of carboxylic acid groups (broad SMARTS) is 1. The maximum Gasteiger partial charge on any atom is 0.330 e. The van der Waals surface area contributed by atoms with Crippen molar-refractivity contribution in [3.8, 4) is 0 Å². The van der Waals surface area contributed by atoms with Crippen LogP contribution in [0.1, 0.15) is 78.6 Å². The first-order chi connectivity index (χ1) is 13.6. The van der Waals surface area contributed by atoms with Crippen LogP contribution in [-0.2, 0) is 14.3 Å². The summed E-state index contributed by atoms with van der Waals surface area (Å²) in [6.45, 7) is 10.4. The van der Waals surface area contributed by atoms with E-state index in [1.54, 1.807) is 0 Å². The summed E-state index contributed by atoms with van der Waals surface area (Å²) in [6, 6.07) is 0. The van der Waals surface area contributed by atoms with Gasteiger partial charge in [-0.3, -0.25) is 4.79 Å². The lowest BCUT2D eigenvalue weighted by atomic mass is 9.41. The van der Waals surface area contributed by atoms with Gasteiger partial charge in [-0.05, 0) is 93.8 Å². The van der Waals surface area contributed by atoms with Gasteiger partial charge in [0.1, 0.15) is 12.0 Å². The Hall–Kier alpha value is -1.58. The van der Waals surface area contributed by atoms with Crippen molar-refractivity contribution in [3.63, 3.8) is 0 Å². The number of carbonyl (C=O) groups is 2. The van der Waals surface area contributed by atoms with Crippen LogP contribution < -0.4 is 0 Å². The summed E-state index contributed by atoms with van der Waals surface area (Å²) >= 11 is 0. The van der Waals surface area contributed by atoms with Gasteiger partial charge < -0.3 is 9.84 Å². The number of fused-ring (bicyclic) bond motifs is 3. The number of rotatable bonds is 4. The molecule has 0 aromatic rings. The summed E-state index contributed by atoms with van der Waals surface area (Å²) in [7, 11) is 0. The highest BCUT2D eigenvalue weighted by Crippen LogP contribution is 2.72. The molecule has 6 atom stereocenters. The molecule has 29 heavy (non-hydrogen) atoms. The first-order valence-electron chi connectivity index (χ1n) is 11.4. The fourth-order valence-corrected chi connectivity index (χ4v) is 8.13. The van der Waals surface area contributed by atoms with Crippen molar-refractivity contribution in [1.82, 2.24) is 0 Å². The Kier molecular flexibility index (Phi) is 4.99. The normalized spacial score (nSPS) is 43.1. The van der Waals surface area contributed by atoms with E-state index in [1.807, 2.05) is 13.8 Å². The van der Waals surface area contributed by atoms with Crippen LogP contribution in [0.4, 0.5) is 0 Å². The van der Waals surface area contributed by atoms with Gasteiger partial charge in [0.05, 0.1) is 0 Å². The number of ether oxygens (including phenoxy) is 1. The maximum absolute atomic E-state index is 12.7. The van der Waals surface area contributed by atoms with Crippen LogP contribution in [0.2, 0.25) is 0 Å². The minimum absolute atomic E-state index is 0.000255. The zero-order chi connectivity index (χ0) is 21.0. The minimum Gasteiger partial charge on any atom is -0.481 e. The molecule has 1 N–H and O–H groups in total. The number of esters is 1. The first kappa shape index (κ1) is 20.7. The molecule has 4 aliphatic rings. The molecule has 0 aliphatic heterocycles. The number of hydrogen-bond donors (Lipinski definition) is 1. The second-order valence-corrected chi connectivity index (χ2v) is 11.0. The Morgan fingerprint density at radius 1 is 1.17 bits per heavy atom. The Morgan fingerprint density at radius 3 is 2.62 bits per heavy atom. The van der Waals surface area contributed by atoms with E-state index in [9.17, 15) is 14.7 Å². The molecule has 0 saturated heterocycles. The molecule has 0 aromatic heterocycles. The van der Waals surface area contributed by atoms with E-state index in [0.717, 1.165) is 37.7 Å². The van der Waals surface area contributed by atoms with Gasteiger partial charge in [-0.1, -0.05) is 31.1 Å². The van der Waals surface area contributed by atoms with Gasteiger partial charge in [0.2, 0.25) is 0 Å². The van der Waals surface area contributed by atoms with Crippen LogP contribution in [-0.4, -0.2) is 23.7 Å². The molecule has 0 heterocycles. The monoisotopic (exact) mass is 400 g/mol. The average molecular weight is 401 g/mol. The number of hydrogen-bond acceptors (Lipinski definition) is 3. The Labute approximate surface area is 174 Å². The Bertz CT molecular complexity index is 763.